The fourth-order valence-corrected chi connectivity index (χ4v) is 6.56. The summed E-state index contributed by atoms with van der Waals surface area (Å²) in [5, 5.41) is 13.0. The minimum Gasteiger partial charge on any atom is -0.475 e. The zero-order chi connectivity index (χ0) is 31.3. The van der Waals surface area contributed by atoms with E-state index in [4.69, 9.17) is 9.40 Å². The van der Waals surface area contributed by atoms with Crippen molar-refractivity contribution in [2.45, 2.75) is 57.7 Å². The van der Waals surface area contributed by atoms with Crippen LogP contribution in [0, 0.1) is 0 Å². The van der Waals surface area contributed by atoms with Gasteiger partial charge >= 0.3 is 5.97 Å². The second kappa shape index (κ2) is 13.5. The maximum atomic E-state index is 14.3. The minimum absolute atomic E-state index is 0.0329. The van der Waals surface area contributed by atoms with Gasteiger partial charge in [-0.1, -0.05) is 67.6 Å². The first-order valence-corrected chi connectivity index (χ1v) is 15.8. The van der Waals surface area contributed by atoms with Gasteiger partial charge in [-0.25, -0.2) is 9.78 Å². The van der Waals surface area contributed by atoms with Gasteiger partial charge in [0, 0.05) is 43.3 Å². The number of imidazole rings is 1. The van der Waals surface area contributed by atoms with Crippen LogP contribution in [0.4, 0.5) is 0 Å². The van der Waals surface area contributed by atoms with E-state index in [0.29, 0.717) is 61.7 Å². The Bertz CT molecular complexity index is 1650. The molecule has 1 unspecified atom stereocenters. The van der Waals surface area contributed by atoms with Gasteiger partial charge in [0.05, 0.1) is 18.6 Å². The van der Waals surface area contributed by atoms with Crippen molar-refractivity contribution in [3.8, 4) is 11.3 Å². The van der Waals surface area contributed by atoms with E-state index in [1.807, 2.05) is 64.9 Å². The molecule has 234 valence electrons. The van der Waals surface area contributed by atoms with Crippen LogP contribution in [-0.2, 0) is 24.2 Å². The number of benzene rings is 2. The molecule has 0 radical (unpaired) electrons. The molecule has 0 spiro atoms. The van der Waals surface area contributed by atoms with Crippen molar-refractivity contribution in [3.05, 3.63) is 101 Å². The molecule has 0 saturated carbocycles. The summed E-state index contributed by atoms with van der Waals surface area (Å²) in [6.45, 7) is 4.54. The summed E-state index contributed by atoms with van der Waals surface area (Å²) in [7, 11) is 0. The van der Waals surface area contributed by atoms with Crippen LogP contribution < -0.4 is 5.32 Å². The molecule has 0 bridgehead atoms. The number of likely N-dealkylation sites (tertiary alicyclic amines) is 1. The van der Waals surface area contributed by atoms with E-state index in [1.165, 1.54) is 5.56 Å². The lowest BCUT2D eigenvalue weighted by atomic mass is 10.0. The van der Waals surface area contributed by atoms with E-state index >= 15 is 0 Å². The number of piperazine rings is 1. The maximum Gasteiger partial charge on any atom is 0.372 e. The molecule has 2 amide bonds. The fourth-order valence-electron chi connectivity index (χ4n) is 6.56. The quantitative estimate of drug-likeness (QED) is 0.279. The molecule has 10 heteroatoms. The number of hydrogen-bond acceptors (Lipinski definition) is 6. The van der Waals surface area contributed by atoms with Crippen LogP contribution in [0.15, 0.2) is 77.5 Å². The first-order valence-electron chi connectivity index (χ1n) is 15.8. The van der Waals surface area contributed by atoms with E-state index in [-0.39, 0.29) is 30.2 Å². The highest BCUT2D eigenvalue weighted by molar-refractivity contribution is 5.99. The molecular formula is C35H39N5O5. The highest BCUT2D eigenvalue weighted by atomic mass is 16.4. The number of carbonyl (C=O) groups is 3. The third kappa shape index (κ3) is 6.42. The lowest BCUT2D eigenvalue weighted by molar-refractivity contribution is -0.135. The van der Waals surface area contributed by atoms with Crippen LogP contribution in [0.5, 0.6) is 0 Å². The summed E-state index contributed by atoms with van der Waals surface area (Å²) in [5.41, 5.74) is 3.58. The largest absolute Gasteiger partial charge is 0.475 e. The highest BCUT2D eigenvalue weighted by Crippen LogP contribution is 2.33. The molecule has 4 aromatic rings. The number of aryl methyl sites for hydroxylation is 1. The van der Waals surface area contributed by atoms with Crippen LogP contribution >= 0.6 is 0 Å². The van der Waals surface area contributed by atoms with Crippen LogP contribution in [-0.4, -0.2) is 74.5 Å². The van der Waals surface area contributed by atoms with Crippen molar-refractivity contribution in [2.75, 3.05) is 26.2 Å². The number of amides is 2. The second-order valence-electron chi connectivity index (χ2n) is 11.8. The molecule has 2 aliphatic heterocycles. The van der Waals surface area contributed by atoms with Crippen LogP contribution in [0.1, 0.15) is 70.2 Å². The number of rotatable bonds is 9. The lowest BCUT2D eigenvalue weighted by Gasteiger charge is -2.36. The zero-order valence-electron chi connectivity index (χ0n) is 25.5. The Morgan fingerprint density at radius 1 is 1.04 bits per heavy atom. The van der Waals surface area contributed by atoms with E-state index in [1.54, 1.807) is 17.3 Å². The average molecular weight is 610 g/mol. The van der Waals surface area contributed by atoms with Crippen LogP contribution in [0.25, 0.3) is 11.3 Å². The van der Waals surface area contributed by atoms with E-state index in [9.17, 15) is 19.5 Å². The maximum absolute atomic E-state index is 14.3. The summed E-state index contributed by atoms with van der Waals surface area (Å²) < 4.78 is 7.56. The average Bonchev–Trinajstić information content (AvgIpc) is 3.65. The predicted molar refractivity (Wildman–Crippen MR) is 169 cm³/mol. The number of carboxylic acids is 1. The van der Waals surface area contributed by atoms with Gasteiger partial charge in [-0.05, 0) is 43.7 Å². The Morgan fingerprint density at radius 2 is 1.80 bits per heavy atom. The Hall–Kier alpha value is -4.70. The number of carboxylic acid groups (broad SMARTS) is 1. The molecule has 2 atom stereocenters. The molecule has 2 fully saturated rings. The molecule has 45 heavy (non-hydrogen) atoms. The van der Waals surface area contributed by atoms with Crippen molar-refractivity contribution in [2.24, 2.45) is 0 Å². The molecular weight excluding hydrogens is 570 g/mol. The van der Waals surface area contributed by atoms with Gasteiger partial charge in [0.1, 0.15) is 11.8 Å². The minimum atomic E-state index is -1.11. The normalized spacial score (nSPS) is 19.0. The standard InChI is InChI=1S/C35H39N5O5/c1-2-25-20-28(45-32(25)35(43)44)22-38-17-10-9-15-29(33(38)41)40-23-37-30(31(40)26-13-7-4-8-14-26)34(42)39-18-16-36-21-27(39)19-24-11-5-3-6-12-24/h3-8,11-14,20,23,27,29,36H,2,9-10,15-19,21-22H2,1H3,(H,43,44)/t27-,29?/m1/s1. The second-order valence-corrected chi connectivity index (χ2v) is 11.8. The molecule has 2 aliphatic rings. The number of aromatic nitrogens is 2. The van der Waals surface area contributed by atoms with Gasteiger partial charge in [0.2, 0.25) is 11.7 Å². The lowest BCUT2D eigenvalue weighted by Crippen LogP contribution is -2.54. The topological polar surface area (TPSA) is 121 Å². The Morgan fingerprint density at radius 3 is 2.51 bits per heavy atom. The Kier molecular flexibility index (Phi) is 9.11. The van der Waals surface area contributed by atoms with Crippen molar-refractivity contribution < 1.29 is 23.9 Å². The van der Waals surface area contributed by atoms with E-state index < -0.39 is 12.0 Å². The third-order valence-corrected chi connectivity index (χ3v) is 8.84. The van der Waals surface area contributed by atoms with E-state index in [2.05, 4.69) is 17.4 Å². The molecule has 6 rings (SSSR count). The first-order chi connectivity index (χ1) is 21.9. The molecule has 2 N–H and O–H groups in total. The zero-order valence-corrected chi connectivity index (χ0v) is 25.5. The van der Waals surface area contributed by atoms with Crippen molar-refractivity contribution >= 4 is 17.8 Å². The molecule has 2 aromatic heterocycles. The first kappa shape index (κ1) is 30.3. The Labute approximate surface area is 262 Å². The van der Waals surface area contributed by atoms with Crippen LogP contribution in [0.2, 0.25) is 0 Å². The predicted octanol–water partition coefficient (Wildman–Crippen LogP) is 4.81. The molecule has 4 heterocycles. The van der Waals surface area contributed by atoms with Crippen molar-refractivity contribution in [1.82, 2.24) is 24.7 Å². The van der Waals surface area contributed by atoms with Crippen molar-refractivity contribution in [1.29, 1.82) is 0 Å². The molecule has 0 aliphatic carbocycles. The molecule has 2 aromatic carbocycles. The van der Waals surface area contributed by atoms with Gasteiger partial charge in [-0.3, -0.25) is 9.59 Å². The summed E-state index contributed by atoms with van der Waals surface area (Å²) >= 11 is 0. The van der Waals surface area contributed by atoms with Crippen molar-refractivity contribution in [3.63, 3.8) is 0 Å². The number of furan rings is 1. The molecule has 2 saturated heterocycles. The number of nitrogens with one attached hydrogen (secondary N) is 1. The van der Waals surface area contributed by atoms with E-state index in [0.717, 1.165) is 24.8 Å². The van der Waals surface area contributed by atoms with Gasteiger partial charge in [-0.15, -0.1) is 0 Å². The molecule has 10 nitrogen and oxygen atoms in total. The monoisotopic (exact) mass is 609 g/mol. The third-order valence-electron chi connectivity index (χ3n) is 8.84. The summed E-state index contributed by atoms with van der Waals surface area (Å²) in [6, 6.07) is 21.0. The highest BCUT2D eigenvalue weighted by Gasteiger charge is 2.35. The van der Waals surface area contributed by atoms with Crippen LogP contribution in [0.3, 0.4) is 0 Å². The SMILES string of the molecule is CCc1cc(CN2CCCCC(n3cnc(C(=O)N4CCNC[C@H]4Cc4ccccc4)c3-c3ccccc3)C2=O)oc1C(=O)O. The summed E-state index contributed by atoms with van der Waals surface area (Å²) in [6.07, 6.45) is 5.11. The van der Waals surface area contributed by atoms with Gasteiger partial charge in [0.15, 0.2) is 5.69 Å². The summed E-state index contributed by atoms with van der Waals surface area (Å²) in [5.74, 6) is -0.981. The fraction of sp³-hybridized carbons (Fsp3) is 0.371. The number of aromatic carboxylic acids is 1. The van der Waals surface area contributed by atoms with Gasteiger partial charge in [0.25, 0.3) is 5.91 Å². The number of carbonyl (C=O) groups excluding carboxylic acids is 2. The number of nitrogens with zero attached hydrogens (tertiary/aromatic N) is 4. The smallest absolute Gasteiger partial charge is 0.372 e. The van der Waals surface area contributed by atoms with Gasteiger partial charge in [-0.2, -0.15) is 0 Å². The number of hydrogen-bond donors (Lipinski definition) is 2. The Balaban J connectivity index is 1.33. The summed E-state index contributed by atoms with van der Waals surface area (Å²) in [4.78, 5) is 48.6. The van der Waals surface area contributed by atoms with Gasteiger partial charge < -0.3 is 29.2 Å².